The van der Waals surface area contributed by atoms with Crippen LogP contribution in [0.5, 0.6) is 0 Å². The number of ether oxygens (including phenoxy) is 2. The van der Waals surface area contributed by atoms with Gasteiger partial charge in [0.15, 0.2) is 5.82 Å². The maximum Gasteiger partial charge on any atom is 0.425 e. The first kappa shape index (κ1) is 43.7. The summed E-state index contributed by atoms with van der Waals surface area (Å²) in [7, 11) is 0.734. The Balaban J connectivity index is 0.000000339. The number of carbonyl (C=O) groups excluding carboxylic acids is 3. The van der Waals surface area contributed by atoms with E-state index in [-0.39, 0.29) is 24.4 Å². The van der Waals surface area contributed by atoms with Crippen LogP contribution in [0.1, 0.15) is 102 Å². The van der Waals surface area contributed by atoms with Crippen molar-refractivity contribution in [3.05, 3.63) is 89.1 Å². The highest BCUT2D eigenvalue weighted by molar-refractivity contribution is 7.86. The Morgan fingerprint density at radius 3 is 2.18 bits per heavy atom. The molecule has 1 aliphatic carbocycles. The molecular weight excluding hydrogens is 731 g/mol. The fourth-order valence-electron chi connectivity index (χ4n) is 5.93. The Hall–Kier alpha value is -5.01. The number of nitrogen functional groups attached to an aromatic ring is 1. The number of nitrogens with two attached hydrogens (primary N) is 1. The van der Waals surface area contributed by atoms with Crippen LogP contribution in [0.4, 0.5) is 26.8 Å². The predicted octanol–water partition coefficient (Wildman–Crippen LogP) is 8.62. The largest absolute Gasteiger partial charge is 0.443 e. The van der Waals surface area contributed by atoms with Crippen molar-refractivity contribution in [3.8, 4) is 0 Å². The molecule has 0 spiro atoms. The first-order valence-electron chi connectivity index (χ1n) is 18.8. The van der Waals surface area contributed by atoms with E-state index in [0.29, 0.717) is 22.9 Å². The number of pyridine rings is 1. The Morgan fingerprint density at radius 2 is 1.62 bits per heavy atom. The molecule has 3 aromatic carbocycles. The number of imide groups is 1. The number of anilines is 3. The predicted molar refractivity (Wildman–Crippen MR) is 223 cm³/mol. The average molecular weight is 788 g/mol. The normalized spacial score (nSPS) is 14.4. The van der Waals surface area contributed by atoms with E-state index in [4.69, 9.17) is 15.2 Å². The number of hydrogen-bond donors (Lipinski definition) is 3. The quantitative estimate of drug-likeness (QED) is 0.0990. The van der Waals surface area contributed by atoms with Crippen molar-refractivity contribution < 1.29 is 33.2 Å². The van der Waals surface area contributed by atoms with E-state index in [1.54, 1.807) is 66.9 Å². The molecule has 1 aromatic heterocycles. The Labute approximate surface area is 333 Å². The number of nitrogens with one attached hydrogen (secondary N) is 1. The van der Waals surface area contributed by atoms with E-state index >= 15 is 0 Å². The molecule has 5 rings (SSSR count). The van der Waals surface area contributed by atoms with Gasteiger partial charge in [-0.2, -0.15) is 4.90 Å². The first-order chi connectivity index (χ1) is 26.2. The van der Waals surface area contributed by atoms with Gasteiger partial charge in [-0.15, -0.1) is 0 Å². The molecule has 0 radical (unpaired) electrons. The molecule has 4 aromatic rings. The monoisotopic (exact) mass is 787 g/mol. The van der Waals surface area contributed by atoms with Crippen molar-refractivity contribution in [2.24, 2.45) is 0 Å². The molecule has 302 valence electrons. The van der Waals surface area contributed by atoms with E-state index in [1.165, 1.54) is 4.90 Å². The van der Waals surface area contributed by atoms with E-state index < -0.39 is 34.2 Å². The molecule has 4 N–H and O–H groups in total. The van der Waals surface area contributed by atoms with E-state index in [1.807, 2.05) is 37.3 Å². The van der Waals surface area contributed by atoms with Crippen LogP contribution in [0, 0.1) is 6.92 Å². The van der Waals surface area contributed by atoms with Gasteiger partial charge in [0, 0.05) is 65.3 Å². The van der Waals surface area contributed by atoms with E-state index in [9.17, 15) is 23.7 Å². The van der Waals surface area contributed by atoms with Crippen LogP contribution < -0.4 is 16.0 Å². The summed E-state index contributed by atoms with van der Waals surface area (Å²) in [6.07, 6.45) is 2.65. The summed E-state index contributed by atoms with van der Waals surface area (Å²) in [5, 5.41) is 14.7. The zero-order chi connectivity index (χ0) is 41.5. The number of nitrogens with zero attached hydrogens (tertiary/aromatic N) is 3. The maximum atomic E-state index is 13.1. The molecular formula is C43H57N5O7S. The average Bonchev–Trinajstić information content (AvgIpc) is 3.96. The number of carbonyl (C=O) groups is 3. The number of amides is 3. The first-order valence-corrected chi connectivity index (χ1v) is 20.0. The van der Waals surface area contributed by atoms with Gasteiger partial charge in [0.2, 0.25) is 6.41 Å². The highest BCUT2D eigenvalue weighted by Crippen LogP contribution is 2.34. The molecule has 0 bridgehead atoms. The summed E-state index contributed by atoms with van der Waals surface area (Å²) in [5.41, 5.74) is 9.88. The number of aliphatic hydroxyl groups excluding tert-OH is 1. The number of aromatic nitrogens is 1. The molecule has 1 saturated carbocycles. The molecule has 3 amide bonds. The van der Waals surface area contributed by atoms with E-state index in [0.717, 1.165) is 62.4 Å². The van der Waals surface area contributed by atoms with Gasteiger partial charge in [-0.1, -0.05) is 25.1 Å². The summed E-state index contributed by atoms with van der Waals surface area (Å²) in [4.78, 5) is 44.5. The SMILES string of the molecule is CN(C=O)Cc1cc(N)ccc1S(=O)C1CC1.Cc1cc(C(C)Nc2ccc3c(N(C(=O)OC(C)(C)C)C(=O)OC(C)(C)C)nccc3c2)ccc1C(C)CO. The molecule has 3 atom stereocenters. The minimum Gasteiger partial charge on any atom is -0.443 e. The van der Waals surface area contributed by atoms with Crippen LogP contribution in [0.3, 0.4) is 0 Å². The number of rotatable bonds is 11. The van der Waals surface area contributed by atoms with Gasteiger partial charge in [0.1, 0.15) is 11.2 Å². The molecule has 13 heteroatoms. The van der Waals surface area contributed by atoms with Crippen molar-refractivity contribution in [2.45, 2.75) is 115 Å². The molecule has 1 heterocycles. The Kier molecular flexibility index (Phi) is 14.3. The minimum atomic E-state index is -0.960. The molecule has 1 fully saturated rings. The van der Waals surface area contributed by atoms with Gasteiger partial charge in [-0.25, -0.2) is 14.6 Å². The molecule has 3 unspecified atom stereocenters. The zero-order valence-corrected chi connectivity index (χ0v) is 35.0. The topological polar surface area (TPSA) is 164 Å². The van der Waals surface area contributed by atoms with Crippen molar-refractivity contribution in [3.63, 3.8) is 0 Å². The van der Waals surface area contributed by atoms with Crippen molar-refractivity contribution >= 4 is 57.4 Å². The third kappa shape index (κ3) is 12.0. The van der Waals surface area contributed by atoms with Gasteiger partial charge in [0.25, 0.3) is 0 Å². The van der Waals surface area contributed by atoms with Crippen molar-refractivity contribution in [2.75, 3.05) is 29.6 Å². The van der Waals surface area contributed by atoms with Crippen LogP contribution in [-0.2, 0) is 31.6 Å². The fourth-order valence-corrected chi connectivity index (χ4v) is 7.44. The highest BCUT2D eigenvalue weighted by atomic mass is 32.2. The van der Waals surface area contributed by atoms with Gasteiger partial charge in [-0.05, 0) is 138 Å². The van der Waals surface area contributed by atoms with Crippen LogP contribution in [0.2, 0.25) is 0 Å². The molecule has 0 aliphatic heterocycles. The lowest BCUT2D eigenvalue weighted by atomic mass is 9.93. The maximum absolute atomic E-state index is 13.1. The lowest BCUT2D eigenvalue weighted by Gasteiger charge is -2.28. The summed E-state index contributed by atoms with van der Waals surface area (Å²) in [6, 6.07) is 19.2. The fraction of sp³-hybridized carbons (Fsp3) is 0.442. The van der Waals surface area contributed by atoms with Crippen molar-refractivity contribution in [1.82, 2.24) is 9.88 Å². The van der Waals surface area contributed by atoms with Crippen LogP contribution >= 0.6 is 0 Å². The summed E-state index contributed by atoms with van der Waals surface area (Å²) >= 11 is 0. The Bertz CT molecular complexity index is 2030. The number of aryl methyl sites for hydroxylation is 1. The third-order valence-corrected chi connectivity index (χ3v) is 10.7. The van der Waals surface area contributed by atoms with Crippen LogP contribution in [0.25, 0.3) is 10.8 Å². The van der Waals surface area contributed by atoms with Crippen LogP contribution in [-0.4, -0.2) is 67.9 Å². The van der Waals surface area contributed by atoms with Gasteiger partial charge in [0.05, 0.1) is 10.8 Å². The smallest absolute Gasteiger partial charge is 0.425 e. The minimum absolute atomic E-state index is 0.0148. The zero-order valence-electron chi connectivity index (χ0n) is 34.2. The Morgan fingerprint density at radius 1 is 0.982 bits per heavy atom. The molecule has 0 saturated heterocycles. The second-order valence-electron chi connectivity index (χ2n) is 16.3. The van der Waals surface area contributed by atoms with Crippen LogP contribution in [0.15, 0.2) is 71.8 Å². The van der Waals surface area contributed by atoms with Gasteiger partial charge in [-0.3, -0.25) is 9.00 Å². The number of aliphatic hydroxyl groups is 1. The standard InChI is InChI=1S/C31H41N3O5.C12H16N2O2S/c1-19-16-22(10-12-25(19)20(2)18-35)21(3)33-24-11-13-26-23(17-24)14-15-32-27(26)34(28(36)38-30(4,5)6)29(37)39-31(7,8)9;1-14(8-15)7-9-6-10(13)2-5-12(9)17(16)11-3-4-11/h10-17,20-21,33,35H,18H2,1-9H3;2,5-6,8,11H,3-4,7,13H2,1H3. The molecule has 56 heavy (non-hydrogen) atoms. The van der Waals surface area contributed by atoms with Gasteiger partial charge >= 0.3 is 12.2 Å². The van der Waals surface area contributed by atoms with Crippen molar-refractivity contribution in [1.29, 1.82) is 0 Å². The summed E-state index contributed by atoms with van der Waals surface area (Å²) in [5.74, 6) is 0.228. The lowest BCUT2D eigenvalue weighted by Crippen LogP contribution is -2.44. The number of hydrogen-bond acceptors (Lipinski definition) is 10. The summed E-state index contributed by atoms with van der Waals surface area (Å²) < 4.78 is 23.2. The number of benzene rings is 3. The number of fused-ring (bicyclic) bond motifs is 1. The summed E-state index contributed by atoms with van der Waals surface area (Å²) in [6.45, 7) is 17.1. The van der Waals surface area contributed by atoms with E-state index in [2.05, 4.69) is 42.3 Å². The molecule has 12 nitrogen and oxygen atoms in total. The third-order valence-electron chi connectivity index (χ3n) is 8.82. The highest BCUT2D eigenvalue weighted by Gasteiger charge is 2.35. The second-order valence-corrected chi connectivity index (χ2v) is 18.0. The lowest BCUT2D eigenvalue weighted by molar-refractivity contribution is -0.117. The van der Waals surface area contributed by atoms with Gasteiger partial charge < -0.3 is 30.5 Å². The molecule has 1 aliphatic rings. The second kappa shape index (κ2) is 18.3.